The lowest BCUT2D eigenvalue weighted by Crippen LogP contribution is -2.42. The number of hydrogen-bond donors (Lipinski definition) is 1. The summed E-state index contributed by atoms with van der Waals surface area (Å²) in [6, 6.07) is 15.4. The van der Waals surface area contributed by atoms with Crippen molar-refractivity contribution in [1.29, 1.82) is 0 Å². The second kappa shape index (κ2) is 8.90. The number of aromatic nitrogens is 1. The van der Waals surface area contributed by atoms with Gasteiger partial charge in [-0.1, -0.05) is 36.4 Å². The van der Waals surface area contributed by atoms with Crippen LogP contribution in [-0.4, -0.2) is 36.2 Å². The molecule has 0 radical (unpaired) electrons. The van der Waals surface area contributed by atoms with E-state index in [1.165, 1.54) is 0 Å². The fourth-order valence-electron chi connectivity index (χ4n) is 2.31. The van der Waals surface area contributed by atoms with Crippen molar-refractivity contribution in [1.82, 2.24) is 15.2 Å². The van der Waals surface area contributed by atoms with Gasteiger partial charge in [-0.25, -0.2) is 4.79 Å². The molecule has 0 aliphatic heterocycles. The average molecular weight is 313 g/mol. The first-order chi connectivity index (χ1) is 11.2. The molecule has 2 amide bonds. The van der Waals surface area contributed by atoms with Crippen molar-refractivity contribution in [2.75, 3.05) is 20.3 Å². The van der Waals surface area contributed by atoms with Crippen LogP contribution in [-0.2, 0) is 11.3 Å². The van der Waals surface area contributed by atoms with E-state index in [9.17, 15) is 4.79 Å². The van der Waals surface area contributed by atoms with Crippen LogP contribution in [0.1, 0.15) is 24.2 Å². The number of carbonyl (C=O) groups excluding carboxylic acids is 1. The lowest BCUT2D eigenvalue weighted by Gasteiger charge is -2.29. The van der Waals surface area contributed by atoms with Crippen molar-refractivity contribution in [3.8, 4) is 0 Å². The highest BCUT2D eigenvalue weighted by Crippen LogP contribution is 2.20. The summed E-state index contributed by atoms with van der Waals surface area (Å²) in [5, 5.41) is 2.89. The van der Waals surface area contributed by atoms with Crippen LogP contribution in [0.4, 0.5) is 4.79 Å². The number of benzene rings is 1. The van der Waals surface area contributed by atoms with Gasteiger partial charge < -0.3 is 15.0 Å². The minimum absolute atomic E-state index is 0.121. The summed E-state index contributed by atoms with van der Waals surface area (Å²) in [5.41, 5.74) is 1.95. The molecule has 1 N–H and O–H groups in total. The van der Waals surface area contributed by atoms with E-state index in [1.807, 2.05) is 55.5 Å². The van der Waals surface area contributed by atoms with Crippen LogP contribution < -0.4 is 5.32 Å². The topological polar surface area (TPSA) is 54.5 Å². The molecule has 0 aliphatic rings. The van der Waals surface area contributed by atoms with Crippen LogP contribution in [0, 0.1) is 0 Å². The van der Waals surface area contributed by atoms with Gasteiger partial charge in [0.1, 0.15) is 0 Å². The van der Waals surface area contributed by atoms with Crippen molar-refractivity contribution in [3.05, 3.63) is 66.0 Å². The molecule has 1 aromatic heterocycles. The third kappa shape index (κ3) is 5.07. The van der Waals surface area contributed by atoms with E-state index in [0.29, 0.717) is 19.7 Å². The number of carbonyl (C=O) groups is 1. The predicted molar refractivity (Wildman–Crippen MR) is 89.9 cm³/mol. The molecule has 23 heavy (non-hydrogen) atoms. The van der Waals surface area contributed by atoms with E-state index in [2.05, 4.69) is 10.3 Å². The lowest BCUT2D eigenvalue weighted by atomic mass is 10.1. The van der Waals surface area contributed by atoms with Crippen molar-refractivity contribution in [3.63, 3.8) is 0 Å². The monoisotopic (exact) mass is 313 g/mol. The number of hydrogen-bond acceptors (Lipinski definition) is 3. The fraction of sp³-hybridized carbons (Fsp3) is 0.333. The highest BCUT2D eigenvalue weighted by molar-refractivity contribution is 5.74. The van der Waals surface area contributed by atoms with Crippen LogP contribution >= 0.6 is 0 Å². The molecule has 0 saturated carbocycles. The molecule has 1 aromatic carbocycles. The minimum atomic E-state index is -0.126. The maximum Gasteiger partial charge on any atom is 0.318 e. The average Bonchev–Trinajstić information content (AvgIpc) is 2.61. The zero-order chi connectivity index (χ0) is 16.5. The summed E-state index contributed by atoms with van der Waals surface area (Å²) < 4.78 is 4.99. The van der Waals surface area contributed by atoms with Gasteiger partial charge in [0, 0.05) is 26.4 Å². The number of pyridine rings is 1. The molecule has 1 unspecified atom stereocenters. The molecule has 0 aliphatic carbocycles. The van der Waals surface area contributed by atoms with E-state index in [1.54, 1.807) is 18.2 Å². The Hall–Kier alpha value is -2.40. The number of urea groups is 1. The highest BCUT2D eigenvalue weighted by atomic mass is 16.5. The summed E-state index contributed by atoms with van der Waals surface area (Å²) in [6.45, 7) is 3.48. The van der Waals surface area contributed by atoms with E-state index in [-0.39, 0.29) is 12.1 Å². The molecule has 0 bridgehead atoms. The normalized spacial score (nSPS) is 11.7. The van der Waals surface area contributed by atoms with Crippen molar-refractivity contribution < 1.29 is 9.53 Å². The van der Waals surface area contributed by atoms with E-state index in [0.717, 1.165) is 11.3 Å². The molecular formula is C18H23N3O2. The standard InChI is InChI=1S/C18H23N3O2/c1-15(17-10-6-7-11-19-17)21(18(22)20-12-13-23-2)14-16-8-4-3-5-9-16/h3-11,15H,12-14H2,1-2H3,(H,20,22). The smallest absolute Gasteiger partial charge is 0.318 e. The molecule has 1 atom stereocenters. The zero-order valence-electron chi connectivity index (χ0n) is 13.6. The first-order valence-electron chi connectivity index (χ1n) is 7.70. The number of nitrogens with zero attached hydrogens (tertiary/aromatic N) is 2. The second-order valence-electron chi connectivity index (χ2n) is 5.27. The Bertz CT molecular complexity index is 590. The summed E-state index contributed by atoms with van der Waals surface area (Å²) in [4.78, 5) is 18.7. The molecule has 0 fully saturated rings. The Kier molecular flexibility index (Phi) is 6.56. The first-order valence-corrected chi connectivity index (χ1v) is 7.70. The van der Waals surface area contributed by atoms with Gasteiger partial charge in [0.2, 0.25) is 0 Å². The van der Waals surface area contributed by atoms with Gasteiger partial charge in [-0.2, -0.15) is 0 Å². The Morgan fingerprint density at radius 3 is 2.61 bits per heavy atom. The van der Waals surface area contributed by atoms with Crippen LogP contribution in [0.25, 0.3) is 0 Å². The molecule has 2 aromatic rings. The van der Waals surface area contributed by atoms with Crippen molar-refractivity contribution >= 4 is 6.03 Å². The summed E-state index contributed by atoms with van der Waals surface area (Å²) in [5.74, 6) is 0. The van der Waals surface area contributed by atoms with Crippen molar-refractivity contribution in [2.45, 2.75) is 19.5 Å². The Labute approximate surface area is 137 Å². The largest absolute Gasteiger partial charge is 0.383 e. The molecular weight excluding hydrogens is 290 g/mol. The Morgan fingerprint density at radius 1 is 1.22 bits per heavy atom. The van der Waals surface area contributed by atoms with Gasteiger partial charge in [0.25, 0.3) is 0 Å². The molecule has 0 saturated heterocycles. The minimum Gasteiger partial charge on any atom is -0.383 e. The Balaban J connectivity index is 2.15. The maximum atomic E-state index is 12.6. The molecule has 5 nitrogen and oxygen atoms in total. The summed E-state index contributed by atoms with van der Waals surface area (Å²) in [7, 11) is 1.62. The van der Waals surface area contributed by atoms with Crippen LogP contribution in [0.2, 0.25) is 0 Å². The van der Waals surface area contributed by atoms with Gasteiger partial charge in [0.05, 0.1) is 18.3 Å². The van der Waals surface area contributed by atoms with Crippen LogP contribution in [0.3, 0.4) is 0 Å². The van der Waals surface area contributed by atoms with E-state index < -0.39 is 0 Å². The summed E-state index contributed by atoms with van der Waals surface area (Å²) >= 11 is 0. The SMILES string of the molecule is COCCNC(=O)N(Cc1ccccc1)C(C)c1ccccn1. The molecule has 122 valence electrons. The second-order valence-corrected chi connectivity index (χ2v) is 5.27. The van der Waals surface area contributed by atoms with Crippen LogP contribution in [0.15, 0.2) is 54.7 Å². The van der Waals surface area contributed by atoms with Gasteiger partial charge in [-0.05, 0) is 24.6 Å². The maximum absolute atomic E-state index is 12.6. The van der Waals surface area contributed by atoms with E-state index >= 15 is 0 Å². The van der Waals surface area contributed by atoms with Gasteiger partial charge in [-0.15, -0.1) is 0 Å². The molecule has 5 heteroatoms. The number of rotatable bonds is 7. The predicted octanol–water partition coefficient (Wildman–Crippen LogP) is 3.00. The number of methoxy groups -OCH3 is 1. The third-order valence-electron chi connectivity index (χ3n) is 3.62. The van der Waals surface area contributed by atoms with E-state index in [4.69, 9.17) is 4.74 Å². The Morgan fingerprint density at radius 2 is 1.96 bits per heavy atom. The van der Waals surface area contributed by atoms with Crippen LogP contribution in [0.5, 0.6) is 0 Å². The first kappa shape index (κ1) is 17.0. The van der Waals surface area contributed by atoms with Crippen molar-refractivity contribution in [2.24, 2.45) is 0 Å². The highest BCUT2D eigenvalue weighted by Gasteiger charge is 2.22. The summed E-state index contributed by atoms with van der Waals surface area (Å²) in [6.07, 6.45) is 1.75. The molecule has 0 spiro atoms. The van der Waals surface area contributed by atoms with Gasteiger partial charge >= 0.3 is 6.03 Å². The molecule has 1 heterocycles. The molecule has 2 rings (SSSR count). The van der Waals surface area contributed by atoms with Gasteiger partial charge in [0.15, 0.2) is 0 Å². The zero-order valence-corrected chi connectivity index (χ0v) is 13.6. The van der Waals surface area contributed by atoms with Gasteiger partial charge in [-0.3, -0.25) is 4.98 Å². The number of amides is 2. The number of nitrogens with one attached hydrogen (secondary N) is 1. The quantitative estimate of drug-likeness (QED) is 0.800. The number of ether oxygens (including phenoxy) is 1. The fourth-order valence-corrected chi connectivity index (χ4v) is 2.31. The third-order valence-corrected chi connectivity index (χ3v) is 3.62. The lowest BCUT2D eigenvalue weighted by molar-refractivity contribution is 0.163.